The monoisotopic (exact) mass is 328 g/mol. The Labute approximate surface area is 140 Å². The molecule has 1 atom stereocenters. The van der Waals surface area contributed by atoms with Gasteiger partial charge in [0.1, 0.15) is 0 Å². The van der Waals surface area contributed by atoms with E-state index in [0.717, 1.165) is 6.42 Å². The predicted molar refractivity (Wildman–Crippen MR) is 100 cm³/mol. The van der Waals surface area contributed by atoms with Gasteiger partial charge in [0, 0.05) is 5.54 Å². The third kappa shape index (κ3) is 7.80. The van der Waals surface area contributed by atoms with Gasteiger partial charge in [-0.25, -0.2) is 0 Å². The molecule has 0 fully saturated rings. The SMILES string of the molecule is CCCCCCCCCCOC(=O)C(C)[Si](CC)(CC)CC. The molecule has 0 amide bonds. The van der Waals surface area contributed by atoms with Gasteiger partial charge in [-0.2, -0.15) is 0 Å². The topological polar surface area (TPSA) is 26.3 Å². The molecule has 0 aliphatic heterocycles. The Morgan fingerprint density at radius 3 is 1.73 bits per heavy atom. The second-order valence-corrected chi connectivity index (χ2v) is 12.5. The molecule has 132 valence electrons. The highest BCUT2D eigenvalue weighted by Crippen LogP contribution is 2.33. The lowest BCUT2D eigenvalue weighted by atomic mass is 10.1. The highest BCUT2D eigenvalue weighted by molar-refractivity contribution is 6.83. The van der Waals surface area contributed by atoms with Gasteiger partial charge in [-0.15, -0.1) is 0 Å². The van der Waals surface area contributed by atoms with Crippen LogP contribution in [-0.2, 0) is 9.53 Å². The minimum atomic E-state index is -1.45. The fourth-order valence-electron chi connectivity index (χ4n) is 3.45. The van der Waals surface area contributed by atoms with Gasteiger partial charge in [0.25, 0.3) is 0 Å². The lowest BCUT2D eigenvalue weighted by Gasteiger charge is -2.33. The second-order valence-electron chi connectivity index (χ2n) is 6.79. The van der Waals surface area contributed by atoms with Crippen LogP contribution in [0.5, 0.6) is 0 Å². The molecule has 0 bridgehead atoms. The number of carbonyl (C=O) groups excluding carboxylic acids is 1. The maximum absolute atomic E-state index is 12.3. The fraction of sp³-hybridized carbons (Fsp3) is 0.947. The first-order chi connectivity index (χ1) is 10.6. The van der Waals surface area contributed by atoms with Crippen LogP contribution in [0.15, 0.2) is 0 Å². The first kappa shape index (κ1) is 21.7. The summed E-state index contributed by atoms with van der Waals surface area (Å²) in [6.45, 7) is 11.7. The molecule has 0 saturated heterocycles. The summed E-state index contributed by atoms with van der Waals surface area (Å²) in [4.78, 5) is 12.3. The van der Waals surface area contributed by atoms with Crippen LogP contribution in [0.2, 0.25) is 23.7 Å². The number of carbonyl (C=O) groups is 1. The molecule has 0 aromatic rings. The van der Waals surface area contributed by atoms with Gasteiger partial charge in [0.2, 0.25) is 0 Å². The molecule has 22 heavy (non-hydrogen) atoms. The van der Waals surface area contributed by atoms with Crippen molar-refractivity contribution in [3.63, 3.8) is 0 Å². The average molecular weight is 329 g/mol. The Balaban J connectivity index is 3.80. The van der Waals surface area contributed by atoms with E-state index in [9.17, 15) is 4.79 Å². The molecule has 1 unspecified atom stereocenters. The van der Waals surface area contributed by atoms with Crippen LogP contribution in [0, 0.1) is 0 Å². The minimum absolute atomic E-state index is 0.0696. The summed E-state index contributed by atoms with van der Waals surface area (Å²) in [5, 5.41) is 0. The molecule has 3 heteroatoms. The van der Waals surface area contributed by atoms with Gasteiger partial charge in [-0.3, -0.25) is 4.79 Å². The number of esters is 1. The summed E-state index contributed by atoms with van der Waals surface area (Å²) in [6, 6.07) is 3.57. The molecule has 0 radical (unpaired) electrons. The van der Waals surface area contributed by atoms with Crippen molar-refractivity contribution in [1.82, 2.24) is 0 Å². The van der Waals surface area contributed by atoms with Crippen LogP contribution in [-0.4, -0.2) is 20.7 Å². The van der Waals surface area contributed by atoms with Crippen molar-refractivity contribution in [3.05, 3.63) is 0 Å². The molecule has 0 spiro atoms. The van der Waals surface area contributed by atoms with E-state index in [-0.39, 0.29) is 11.5 Å². The molecule has 0 aromatic carbocycles. The Morgan fingerprint density at radius 1 is 0.818 bits per heavy atom. The Bertz CT molecular complexity index is 266. The van der Waals surface area contributed by atoms with E-state index in [0.29, 0.717) is 6.61 Å². The molecule has 0 aliphatic rings. The molecular formula is C19H40O2Si. The van der Waals surface area contributed by atoms with Crippen molar-refractivity contribution < 1.29 is 9.53 Å². The van der Waals surface area contributed by atoms with Crippen LogP contribution < -0.4 is 0 Å². The van der Waals surface area contributed by atoms with Crippen LogP contribution in [0.3, 0.4) is 0 Å². The highest BCUT2D eigenvalue weighted by Gasteiger charge is 2.38. The van der Waals surface area contributed by atoms with Crippen molar-refractivity contribution in [2.24, 2.45) is 0 Å². The summed E-state index contributed by atoms with van der Waals surface area (Å²) in [5.74, 6) is 0.0696. The van der Waals surface area contributed by atoms with Crippen molar-refractivity contribution in [1.29, 1.82) is 0 Å². The smallest absolute Gasteiger partial charge is 0.305 e. The third-order valence-electron chi connectivity index (χ3n) is 5.63. The van der Waals surface area contributed by atoms with E-state index >= 15 is 0 Å². The Kier molecular flexibility index (Phi) is 13.0. The predicted octanol–water partition coefficient (Wildman–Crippen LogP) is 6.57. The Hall–Kier alpha value is -0.313. The largest absolute Gasteiger partial charge is 0.466 e. The first-order valence-corrected chi connectivity index (χ1v) is 12.4. The quantitative estimate of drug-likeness (QED) is 0.205. The molecule has 0 saturated carbocycles. The normalized spacial score (nSPS) is 13.1. The number of ether oxygens (including phenoxy) is 1. The molecule has 0 rings (SSSR count). The summed E-state index contributed by atoms with van der Waals surface area (Å²) in [7, 11) is -1.45. The van der Waals surface area contributed by atoms with Crippen LogP contribution in [0.4, 0.5) is 0 Å². The zero-order chi connectivity index (χ0) is 16.8. The van der Waals surface area contributed by atoms with Gasteiger partial charge in [0.15, 0.2) is 0 Å². The van der Waals surface area contributed by atoms with Gasteiger partial charge in [-0.05, 0) is 6.42 Å². The summed E-state index contributed by atoms with van der Waals surface area (Å²) in [5.41, 5.74) is 0.154. The van der Waals surface area contributed by atoms with E-state index in [4.69, 9.17) is 4.74 Å². The minimum Gasteiger partial charge on any atom is -0.466 e. The highest BCUT2D eigenvalue weighted by atomic mass is 28.3. The number of rotatable bonds is 14. The zero-order valence-electron chi connectivity index (χ0n) is 15.9. The molecule has 0 aromatic heterocycles. The average Bonchev–Trinajstić information content (AvgIpc) is 2.55. The van der Waals surface area contributed by atoms with Crippen LogP contribution in [0.1, 0.15) is 86.0 Å². The molecule has 2 nitrogen and oxygen atoms in total. The van der Waals surface area contributed by atoms with Crippen LogP contribution >= 0.6 is 0 Å². The summed E-state index contributed by atoms with van der Waals surface area (Å²) < 4.78 is 5.56. The van der Waals surface area contributed by atoms with Crippen molar-refractivity contribution in [2.75, 3.05) is 6.61 Å². The maximum atomic E-state index is 12.3. The first-order valence-electron chi connectivity index (χ1n) is 9.74. The maximum Gasteiger partial charge on any atom is 0.305 e. The standard InChI is InChI=1S/C19H40O2Si/c1-6-10-11-12-13-14-15-16-17-21-19(20)18(5)22(7-2,8-3)9-4/h18H,6-17H2,1-5H3. The van der Waals surface area contributed by atoms with E-state index < -0.39 is 8.07 Å². The van der Waals surface area contributed by atoms with Gasteiger partial charge >= 0.3 is 5.97 Å². The van der Waals surface area contributed by atoms with Gasteiger partial charge in [0.05, 0.1) is 14.7 Å². The lowest BCUT2D eigenvalue weighted by molar-refractivity contribution is -0.143. The number of hydrogen-bond acceptors (Lipinski definition) is 2. The molecular weight excluding hydrogens is 288 g/mol. The summed E-state index contributed by atoms with van der Waals surface area (Å²) in [6.07, 6.45) is 10.3. The van der Waals surface area contributed by atoms with E-state index in [1.165, 1.54) is 63.1 Å². The molecule has 0 aliphatic carbocycles. The van der Waals surface area contributed by atoms with Gasteiger partial charge in [-0.1, -0.05) is 97.7 Å². The van der Waals surface area contributed by atoms with Crippen LogP contribution in [0.25, 0.3) is 0 Å². The molecule has 0 N–H and O–H groups in total. The van der Waals surface area contributed by atoms with E-state index in [1.54, 1.807) is 0 Å². The lowest BCUT2D eigenvalue weighted by Crippen LogP contribution is -2.40. The Morgan fingerprint density at radius 2 is 1.27 bits per heavy atom. The summed E-state index contributed by atoms with van der Waals surface area (Å²) >= 11 is 0. The number of hydrogen-bond donors (Lipinski definition) is 0. The van der Waals surface area contributed by atoms with Crippen molar-refractivity contribution in [2.45, 2.75) is 110 Å². The molecule has 0 heterocycles. The van der Waals surface area contributed by atoms with E-state index in [1.807, 2.05) is 0 Å². The zero-order valence-corrected chi connectivity index (χ0v) is 16.9. The number of unbranched alkanes of at least 4 members (excludes halogenated alkanes) is 7. The van der Waals surface area contributed by atoms with E-state index in [2.05, 4.69) is 34.6 Å². The second kappa shape index (κ2) is 13.2. The van der Waals surface area contributed by atoms with Crippen molar-refractivity contribution in [3.8, 4) is 0 Å². The van der Waals surface area contributed by atoms with Crippen molar-refractivity contribution >= 4 is 14.0 Å². The fourth-order valence-corrected chi connectivity index (χ4v) is 7.37. The van der Waals surface area contributed by atoms with Gasteiger partial charge < -0.3 is 4.74 Å². The third-order valence-corrected chi connectivity index (χ3v) is 11.9.